The highest BCUT2D eigenvalue weighted by Gasteiger charge is 2.12. The molecule has 0 saturated heterocycles. The number of aromatic nitrogens is 4. The zero-order chi connectivity index (χ0) is 64.8. The van der Waals surface area contributed by atoms with Gasteiger partial charge in [0.05, 0.1) is 46.6 Å². The Hall–Kier alpha value is -7.92. The number of aryl methyl sites for hydroxylation is 3. The van der Waals surface area contributed by atoms with Gasteiger partial charge in [-0.25, -0.2) is 13.7 Å². The third-order valence-corrected chi connectivity index (χ3v) is 15.2. The van der Waals surface area contributed by atoms with E-state index in [9.17, 15) is 9.59 Å². The molecule has 8 aromatic rings. The first kappa shape index (κ1) is 80.3. The first-order chi connectivity index (χ1) is 44.4. The molecular formula is C72H92Br4N16O2. The van der Waals surface area contributed by atoms with E-state index in [0.717, 1.165) is 104 Å². The zero-order valence-electron chi connectivity index (χ0n) is 55.5. The van der Waals surface area contributed by atoms with E-state index in [1.54, 1.807) is 24.5 Å². The average Bonchev–Trinajstić information content (AvgIpc) is 1.02. The van der Waals surface area contributed by atoms with Gasteiger partial charge in [-0.05, 0) is 126 Å². The van der Waals surface area contributed by atoms with Crippen LogP contribution in [0.5, 0.6) is 0 Å². The summed E-state index contributed by atoms with van der Waals surface area (Å²) in [6, 6.07) is 47.8. The Kier molecular flexibility index (Phi) is 39.5. The van der Waals surface area contributed by atoms with Crippen LogP contribution >= 0.6 is 15.9 Å². The van der Waals surface area contributed by atoms with Crippen molar-refractivity contribution in [2.75, 3.05) is 76.1 Å². The summed E-state index contributed by atoms with van der Waals surface area (Å²) in [5.74, 6) is -0.270. The quantitative estimate of drug-likeness (QED) is 0.0119. The van der Waals surface area contributed by atoms with Crippen molar-refractivity contribution >= 4 is 97.0 Å². The summed E-state index contributed by atoms with van der Waals surface area (Å²) in [6.07, 6.45) is 29.5. The van der Waals surface area contributed by atoms with Crippen LogP contribution in [0, 0.1) is 0 Å². The fourth-order valence-corrected chi connectivity index (χ4v) is 9.89. The number of alkyl halides is 1. The van der Waals surface area contributed by atoms with Gasteiger partial charge >= 0.3 is 0 Å². The Morgan fingerprint density at radius 3 is 1.15 bits per heavy atom. The van der Waals surface area contributed by atoms with Gasteiger partial charge in [-0.2, -0.15) is 20.4 Å². The van der Waals surface area contributed by atoms with E-state index < -0.39 is 0 Å². The molecule has 4 aromatic heterocycles. The van der Waals surface area contributed by atoms with Crippen molar-refractivity contribution in [1.82, 2.24) is 4.98 Å². The third kappa shape index (κ3) is 29.6. The van der Waals surface area contributed by atoms with E-state index in [4.69, 9.17) is 0 Å². The number of hydrazone groups is 2. The first-order valence-corrected chi connectivity index (χ1v) is 32.8. The topological polar surface area (TPSA) is 170 Å². The molecule has 0 saturated carbocycles. The number of halogens is 4. The van der Waals surface area contributed by atoms with Crippen LogP contribution < -0.4 is 95.1 Å². The summed E-state index contributed by atoms with van der Waals surface area (Å²) < 4.78 is 6.66. The molecular weight excluding hydrogens is 1440 g/mol. The number of nitrogens with one attached hydrogen (secondary N) is 2. The fourth-order valence-electron chi connectivity index (χ4n) is 9.49. The van der Waals surface area contributed by atoms with Crippen LogP contribution in [0.2, 0.25) is 0 Å². The number of anilines is 6. The van der Waals surface area contributed by atoms with E-state index in [2.05, 4.69) is 162 Å². The van der Waals surface area contributed by atoms with E-state index in [0.29, 0.717) is 28.4 Å². The first-order valence-electron chi connectivity index (χ1n) is 31.6. The van der Waals surface area contributed by atoms with Crippen molar-refractivity contribution in [2.24, 2.45) is 30.7 Å². The molecule has 22 heteroatoms. The molecule has 18 nitrogen and oxygen atoms in total. The van der Waals surface area contributed by atoms with Crippen molar-refractivity contribution in [3.63, 3.8) is 0 Å². The monoisotopic (exact) mass is 1530 g/mol. The molecule has 0 unspecified atom stereocenters. The summed E-state index contributed by atoms with van der Waals surface area (Å²) in [4.78, 5) is 31.6. The van der Waals surface area contributed by atoms with Crippen molar-refractivity contribution in [3.05, 3.63) is 206 Å². The van der Waals surface area contributed by atoms with Crippen molar-refractivity contribution in [3.8, 4) is 0 Å². The largest absolute Gasteiger partial charge is 1.00 e. The van der Waals surface area contributed by atoms with Crippen LogP contribution in [0.15, 0.2) is 226 Å². The van der Waals surface area contributed by atoms with Crippen molar-refractivity contribution in [1.29, 1.82) is 0 Å². The summed E-state index contributed by atoms with van der Waals surface area (Å²) in [5.41, 5.74) is 10.5. The van der Waals surface area contributed by atoms with Crippen LogP contribution in [-0.4, -0.2) is 74.8 Å². The van der Waals surface area contributed by atoms with Crippen molar-refractivity contribution < 1.29 is 74.2 Å². The molecule has 4 aromatic carbocycles. The van der Waals surface area contributed by atoms with E-state index in [1.165, 1.54) is 52.4 Å². The molecule has 2 amide bonds. The molecule has 4 heterocycles. The highest BCUT2D eigenvalue weighted by atomic mass is 79.9. The van der Waals surface area contributed by atoms with Gasteiger partial charge in [0.25, 0.3) is 0 Å². The van der Waals surface area contributed by atoms with Gasteiger partial charge in [-0.3, -0.25) is 24.6 Å². The normalized spacial score (nSPS) is 10.7. The number of carbonyl (C=O) groups excluding carboxylic acids is 2. The molecule has 500 valence electrons. The molecule has 2 N–H and O–H groups in total. The number of para-hydroxylation sites is 2. The smallest absolute Gasteiger partial charge is 0.221 e. The Bertz CT molecular complexity index is 3510. The number of amides is 2. The zero-order valence-corrected chi connectivity index (χ0v) is 61.9. The van der Waals surface area contributed by atoms with Crippen LogP contribution in [-0.2, 0) is 29.2 Å². The minimum atomic E-state index is -0.137. The Balaban J connectivity index is 0.000000397. The lowest BCUT2D eigenvalue weighted by atomic mass is 10.2. The Morgan fingerprint density at radius 2 is 0.798 bits per heavy atom. The second-order valence-corrected chi connectivity index (χ2v) is 22.3. The molecule has 0 radical (unpaired) electrons. The highest BCUT2D eigenvalue weighted by Crippen LogP contribution is 2.33. The van der Waals surface area contributed by atoms with E-state index in [1.807, 2.05) is 158 Å². The number of hydrogen-bond donors (Lipinski definition) is 2. The molecule has 0 aliphatic rings. The standard InChI is InChI=1S/C36H45N8O.C19H25BrN3.C17H21N5O.3BrH/c1-5-44(6-2)34-16-17-35(36(28-34)38-30(3)45)40-39-32-20-26-43(27-21-32)23-13-8-7-12-22-42-24-18-31(19-25-42)29-37-41(4)33-14-10-9-11-15-33;1-22(19-9-5-4-6-10-19)21-17-18-11-15-23(16-12-18)14-8-3-2-7-13-20;1-4-22(5-2)15-6-7-16(17(12-15)19-13(3)23)21-20-14-8-10-18-11-9-14;;;/h9-11,14-21,24-29H,5-8,12-13,22-23H2,1-4H3;4-6,9-12,15-17H,2-3,7-8,13-14H2,1H3;6-12H,4-5H2,1-3H3,(H,19,23);3*1H/q2*+1;;;;/p-2. The predicted octanol–water partition coefficient (Wildman–Crippen LogP) is 6.93. The van der Waals surface area contributed by atoms with Gasteiger partial charge < -0.3 is 71.4 Å². The van der Waals surface area contributed by atoms with Gasteiger partial charge in [0.15, 0.2) is 37.2 Å². The number of nitrogens with zero attached hydrogens (tertiary/aromatic N) is 14. The van der Waals surface area contributed by atoms with Crippen LogP contribution in [0.3, 0.4) is 0 Å². The Labute approximate surface area is 597 Å². The number of pyridine rings is 4. The molecule has 8 rings (SSSR count). The minimum Gasteiger partial charge on any atom is -1.00 e. The summed E-state index contributed by atoms with van der Waals surface area (Å²) in [6.45, 7) is 18.0. The number of benzene rings is 4. The Morgan fingerprint density at radius 1 is 0.447 bits per heavy atom. The predicted molar refractivity (Wildman–Crippen MR) is 377 cm³/mol. The van der Waals surface area contributed by atoms with Crippen molar-refractivity contribution in [2.45, 2.75) is 113 Å². The lowest BCUT2D eigenvalue weighted by Crippen LogP contribution is -3.00. The van der Waals surface area contributed by atoms with Crippen LogP contribution in [0.25, 0.3) is 0 Å². The molecule has 0 atom stereocenters. The lowest BCUT2D eigenvalue weighted by molar-refractivity contribution is -0.698. The number of carbonyl (C=O) groups is 2. The van der Waals surface area contributed by atoms with Crippen LogP contribution in [0.1, 0.15) is 104 Å². The maximum Gasteiger partial charge on any atom is 0.221 e. The summed E-state index contributed by atoms with van der Waals surface area (Å²) in [7, 11) is 3.91. The SMILES string of the molecule is CCN(CC)c1ccc(N=Nc2cc[n+](CCCCCC[n+]3ccc(/C=N\N(C)c4ccccc4)cc3)cc2)c(NC(C)=O)c1.CCN(CC)c1ccc(N=Nc2ccncc2)c(NC(C)=O)c1.CN(/N=C/c1cc[n+](CCCCCCBr)cc1)c1ccccc1.[Br-].[Br-].[Br-]. The second kappa shape index (κ2) is 46.2. The maximum absolute atomic E-state index is 11.8. The van der Waals surface area contributed by atoms with Gasteiger partial charge in [-0.15, -0.1) is 10.2 Å². The number of rotatable bonds is 31. The number of unbranched alkanes of at least 4 members (excludes halogenated alkanes) is 6. The van der Waals surface area contributed by atoms with Gasteiger partial charge in [0.2, 0.25) is 11.8 Å². The fraction of sp³-hybridized carbons (Fsp3) is 0.333. The highest BCUT2D eigenvalue weighted by molar-refractivity contribution is 9.09. The van der Waals surface area contributed by atoms with E-state index in [-0.39, 0.29) is 62.8 Å². The van der Waals surface area contributed by atoms with Gasteiger partial charge in [-0.1, -0.05) is 58.7 Å². The molecule has 0 spiro atoms. The summed E-state index contributed by atoms with van der Waals surface area (Å²) in [5, 5.41) is 36.9. The third-order valence-electron chi connectivity index (χ3n) is 14.7. The molecule has 0 aliphatic carbocycles. The second-order valence-electron chi connectivity index (χ2n) is 21.5. The maximum atomic E-state index is 11.8. The molecule has 0 bridgehead atoms. The number of azo groups is 2. The average molecular weight is 1530 g/mol. The summed E-state index contributed by atoms with van der Waals surface area (Å²) >= 11 is 3.47. The molecule has 94 heavy (non-hydrogen) atoms. The van der Waals surface area contributed by atoms with Gasteiger partial charge in [0, 0.05) is 150 Å². The molecule has 0 aliphatic heterocycles. The lowest BCUT2D eigenvalue weighted by Gasteiger charge is -2.22. The minimum absolute atomic E-state index is 0. The van der Waals surface area contributed by atoms with Gasteiger partial charge in [0.1, 0.15) is 31.0 Å². The van der Waals surface area contributed by atoms with Crippen LogP contribution in [0.4, 0.5) is 56.9 Å². The number of hydrogen-bond acceptors (Lipinski definition) is 13. The van der Waals surface area contributed by atoms with E-state index >= 15 is 0 Å². The molecule has 0 fully saturated rings.